The molecule has 0 aromatic heterocycles. The van der Waals surface area contributed by atoms with Crippen molar-refractivity contribution in [2.24, 2.45) is 0 Å². The maximum absolute atomic E-state index is 13.2. The van der Waals surface area contributed by atoms with Crippen LogP contribution in [0, 0.1) is 0 Å². The third-order valence-corrected chi connectivity index (χ3v) is 5.77. The number of carboxylic acids is 2. The van der Waals surface area contributed by atoms with Gasteiger partial charge in [0.2, 0.25) is 0 Å². The Balaban J connectivity index is 1.66. The Morgan fingerprint density at radius 2 is 0.615 bits per heavy atom. The summed E-state index contributed by atoms with van der Waals surface area (Å²) in [6.45, 7) is 0. The lowest BCUT2D eigenvalue weighted by Gasteiger charge is -2.11. The Kier molecular flexibility index (Phi) is 7.53. The Morgan fingerprint density at radius 3 is 0.897 bits per heavy atom. The van der Waals surface area contributed by atoms with E-state index in [-0.39, 0.29) is 44.5 Å². The summed E-state index contributed by atoms with van der Waals surface area (Å²) < 4.78 is 5.02. The third kappa shape index (κ3) is 5.37. The monoisotopic (exact) mass is 522 g/mol. The molecule has 4 aromatic carbocycles. The fourth-order valence-electron chi connectivity index (χ4n) is 3.94. The quantitative estimate of drug-likeness (QED) is 0.193. The number of carbonyl (C=O) groups excluding carboxylic acids is 4. The molecule has 0 fully saturated rings. The van der Waals surface area contributed by atoms with Gasteiger partial charge in [-0.2, -0.15) is 0 Å². The highest BCUT2D eigenvalue weighted by Crippen LogP contribution is 2.22. The Hall–Kier alpha value is -5.70. The van der Waals surface area contributed by atoms with Crippen molar-refractivity contribution >= 4 is 35.4 Å². The summed E-state index contributed by atoms with van der Waals surface area (Å²) in [6.07, 6.45) is 0. The Morgan fingerprint density at radius 1 is 0.385 bits per heavy atom. The summed E-state index contributed by atoms with van der Waals surface area (Å²) in [6, 6.07) is 21.8. The van der Waals surface area contributed by atoms with Crippen LogP contribution in [0.5, 0.6) is 0 Å². The molecule has 0 unspecified atom stereocenters. The second-order valence-electron chi connectivity index (χ2n) is 8.13. The van der Waals surface area contributed by atoms with Crippen molar-refractivity contribution in [2.75, 3.05) is 0 Å². The number of ether oxygens (including phenoxy) is 1. The summed E-state index contributed by atoms with van der Waals surface area (Å²) in [5.41, 5.74) is -1.83. The first-order valence-corrected chi connectivity index (χ1v) is 11.4. The van der Waals surface area contributed by atoms with Gasteiger partial charge in [0.15, 0.2) is 11.6 Å². The van der Waals surface area contributed by atoms with Gasteiger partial charge in [0.25, 0.3) is 0 Å². The number of hydrogen-bond acceptors (Lipinski definition) is 7. The van der Waals surface area contributed by atoms with E-state index in [9.17, 15) is 39.0 Å². The maximum Gasteiger partial charge on any atom is 0.346 e. The van der Waals surface area contributed by atoms with E-state index in [1.165, 1.54) is 97.1 Å². The van der Waals surface area contributed by atoms with Crippen molar-refractivity contribution in [1.29, 1.82) is 0 Å². The molecule has 0 saturated heterocycles. The molecule has 9 heteroatoms. The van der Waals surface area contributed by atoms with E-state index < -0.39 is 35.4 Å². The molecule has 0 heterocycles. The van der Waals surface area contributed by atoms with Gasteiger partial charge in [-0.25, -0.2) is 19.2 Å². The molecule has 4 rings (SSSR count). The van der Waals surface area contributed by atoms with Gasteiger partial charge in [-0.3, -0.25) is 9.59 Å². The van der Waals surface area contributed by atoms with Crippen LogP contribution in [-0.2, 0) is 4.74 Å². The van der Waals surface area contributed by atoms with Crippen LogP contribution in [0.15, 0.2) is 97.1 Å². The van der Waals surface area contributed by atoms with Crippen LogP contribution in [0.25, 0.3) is 0 Å². The van der Waals surface area contributed by atoms with Crippen LogP contribution >= 0.6 is 0 Å². The zero-order chi connectivity index (χ0) is 28.1. The maximum atomic E-state index is 13.2. The van der Waals surface area contributed by atoms with Crippen molar-refractivity contribution in [2.45, 2.75) is 0 Å². The summed E-state index contributed by atoms with van der Waals surface area (Å²) in [5, 5.41) is 18.9. The number of hydrogen-bond donors (Lipinski definition) is 2. The molecule has 9 nitrogen and oxygen atoms in total. The van der Waals surface area contributed by atoms with Gasteiger partial charge in [0.1, 0.15) is 0 Å². The summed E-state index contributed by atoms with van der Waals surface area (Å²) in [4.78, 5) is 75.6. The summed E-state index contributed by atoms with van der Waals surface area (Å²) in [5.74, 6) is -6.61. The standard InChI is InChI=1S/C30H18O9/c31-25(17-9-1-5-13-21(17)27(33)34)19-11-3-7-15-23(19)29(37)39-30(38)24-16-8-4-12-20(24)26(32)18-10-2-6-14-22(18)28(35)36/h1-16H,(H,33,34)(H,35,36). The summed E-state index contributed by atoms with van der Waals surface area (Å²) in [7, 11) is 0. The average molecular weight is 522 g/mol. The largest absolute Gasteiger partial charge is 0.478 e. The third-order valence-electron chi connectivity index (χ3n) is 5.77. The zero-order valence-corrected chi connectivity index (χ0v) is 20.0. The molecule has 2 N–H and O–H groups in total. The Labute approximate surface area is 220 Å². The van der Waals surface area contributed by atoms with Crippen LogP contribution in [0.3, 0.4) is 0 Å². The van der Waals surface area contributed by atoms with Crippen molar-refractivity contribution < 1.29 is 43.7 Å². The molecular weight excluding hydrogens is 504 g/mol. The van der Waals surface area contributed by atoms with E-state index in [0.717, 1.165) is 0 Å². The molecule has 39 heavy (non-hydrogen) atoms. The van der Waals surface area contributed by atoms with Crippen molar-refractivity contribution in [3.8, 4) is 0 Å². The number of aromatic carboxylic acids is 2. The first-order chi connectivity index (χ1) is 18.7. The molecular formula is C30H18O9. The molecule has 0 amide bonds. The number of esters is 2. The molecule has 0 saturated carbocycles. The molecule has 0 spiro atoms. The lowest BCUT2D eigenvalue weighted by Crippen LogP contribution is -2.20. The predicted molar refractivity (Wildman–Crippen MR) is 136 cm³/mol. The highest BCUT2D eigenvalue weighted by molar-refractivity contribution is 6.21. The first-order valence-electron chi connectivity index (χ1n) is 11.4. The molecule has 0 aliphatic heterocycles. The van der Waals surface area contributed by atoms with Gasteiger partial charge < -0.3 is 14.9 Å². The zero-order valence-electron chi connectivity index (χ0n) is 20.0. The molecule has 192 valence electrons. The minimum absolute atomic E-state index is 0.162. The van der Waals surface area contributed by atoms with Crippen molar-refractivity contribution in [3.05, 3.63) is 142 Å². The lowest BCUT2D eigenvalue weighted by molar-refractivity contribution is 0.0393. The van der Waals surface area contributed by atoms with Gasteiger partial charge in [0, 0.05) is 22.3 Å². The smallest absolute Gasteiger partial charge is 0.346 e. The van der Waals surface area contributed by atoms with Crippen LogP contribution in [0.2, 0.25) is 0 Å². The fraction of sp³-hybridized carbons (Fsp3) is 0. The normalized spacial score (nSPS) is 10.4. The van der Waals surface area contributed by atoms with E-state index in [2.05, 4.69) is 0 Å². The number of ketones is 2. The minimum Gasteiger partial charge on any atom is -0.478 e. The summed E-state index contributed by atoms with van der Waals surface area (Å²) >= 11 is 0. The van der Waals surface area contributed by atoms with Crippen molar-refractivity contribution in [1.82, 2.24) is 0 Å². The molecule has 0 bridgehead atoms. The van der Waals surface area contributed by atoms with E-state index in [1.54, 1.807) is 0 Å². The first kappa shape index (κ1) is 26.4. The van der Waals surface area contributed by atoms with Gasteiger partial charge in [0.05, 0.1) is 22.3 Å². The molecule has 0 aliphatic rings. The molecule has 0 atom stereocenters. The van der Waals surface area contributed by atoms with Gasteiger partial charge in [-0.15, -0.1) is 0 Å². The topological polar surface area (TPSA) is 152 Å². The van der Waals surface area contributed by atoms with Gasteiger partial charge in [-0.1, -0.05) is 72.8 Å². The fourth-order valence-corrected chi connectivity index (χ4v) is 3.94. The SMILES string of the molecule is O=C(O)c1ccccc1C(=O)c1ccccc1C(=O)OC(=O)c1ccccc1C(=O)c1ccccc1C(=O)O. The van der Waals surface area contributed by atoms with Crippen LogP contribution in [0.1, 0.15) is 73.3 Å². The van der Waals surface area contributed by atoms with Gasteiger partial charge >= 0.3 is 23.9 Å². The molecule has 4 aromatic rings. The molecule has 0 radical (unpaired) electrons. The highest BCUT2D eigenvalue weighted by atomic mass is 16.6. The number of benzene rings is 4. The van der Waals surface area contributed by atoms with E-state index in [1.807, 2.05) is 0 Å². The molecule has 0 aliphatic carbocycles. The minimum atomic E-state index is -1.33. The highest BCUT2D eigenvalue weighted by Gasteiger charge is 2.27. The second kappa shape index (κ2) is 11.1. The second-order valence-corrected chi connectivity index (χ2v) is 8.13. The van der Waals surface area contributed by atoms with Gasteiger partial charge in [-0.05, 0) is 24.3 Å². The van der Waals surface area contributed by atoms with Crippen molar-refractivity contribution in [3.63, 3.8) is 0 Å². The lowest BCUT2D eigenvalue weighted by atomic mass is 9.94. The number of carbonyl (C=O) groups is 6. The van der Waals surface area contributed by atoms with E-state index >= 15 is 0 Å². The number of carboxylic acid groups (broad SMARTS) is 2. The predicted octanol–water partition coefficient (Wildman–Crippen LogP) is 4.54. The van der Waals surface area contributed by atoms with Crippen LogP contribution in [-0.4, -0.2) is 45.7 Å². The van der Waals surface area contributed by atoms with Crippen LogP contribution < -0.4 is 0 Å². The Bertz CT molecular complexity index is 1540. The average Bonchev–Trinajstić information content (AvgIpc) is 2.96. The number of rotatable bonds is 8. The van der Waals surface area contributed by atoms with Crippen LogP contribution in [0.4, 0.5) is 0 Å². The van der Waals surface area contributed by atoms with E-state index in [4.69, 9.17) is 4.74 Å². The van der Waals surface area contributed by atoms with E-state index in [0.29, 0.717) is 0 Å².